The lowest BCUT2D eigenvalue weighted by Crippen LogP contribution is -2.30. The molecule has 2 unspecified atom stereocenters. The van der Waals surface area contributed by atoms with Gasteiger partial charge in [-0.25, -0.2) is 0 Å². The molecule has 1 aliphatic heterocycles. The van der Waals surface area contributed by atoms with E-state index in [1.165, 1.54) is 0 Å². The first-order valence-corrected chi connectivity index (χ1v) is 5.15. The van der Waals surface area contributed by atoms with E-state index in [-0.39, 0.29) is 5.25 Å². The SMILES string of the molecule is CC1SCCC1(O)c1ccoc1. The lowest BCUT2D eigenvalue weighted by Gasteiger charge is -2.24. The van der Waals surface area contributed by atoms with Gasteiger partial charge in [-0.1, -0.05) is 6.92 Å². The Balaban J connectivity index is 2.32. The summed E-state index contributed by atoms with van der Waals surface area (Å²) in [5.41, 5.74) is 0.262. The quantitative estimate of drug-likeness (QED) is 0.724. The summed E-state index contributed by atoms with van der Waals surface area (Å²) in [5.74, 6) is 1.03. The third-order valence-electron chi connectivity index (χ3n) is 2.54. The molecular formula is C9H12O2S. The number of rotatable bonds is 1. The van der Waals surface area contributed by atoms with E-state index < -0.39 is 5.60 Å². The van der Waals surface area contributed by atoms with E-state index in [1.54, 1.807) is 12.5 Å². The molecule has 0 saturated carbocycles. The summed E-state index contributed by atoms with van der Waals surface area (Å²) in [6.07, 6.45) is 4.09. The lowest BCUT2D eigenvalue weighted by molar-refractivity contribution is 0.0421. The highest BCUT2D eigenvalue weighted by Crippen LogP contribution is 2.42. The van der Waals surface area contributed by atoms with E-state index in [9.17, 15) is 5.11 Å². The summed E-state index contributed by atoms with van der Waals surface area (Å²) >= 11 is 1.81. The van der Waals surface area contributed by atoms with Gasteiger partial charge in [-0.3, -0.25) is 0 Å². The molecule has 1 aromatic rings. The van der Waals surface area contributed by atoms with Crippen molar-refractivity contribution >= 4 is 11.8 Å². The molecule has 1 aliphatic rings. The van der Waals surface area contributed by atoms with Gasteiger partial charge >= 0.3 is 0 Å². The van der Waals surface area contributed by atoms with Crippen molar-refractivity contribution in [1.82, 2.24) is 0 Å². The Labute approximate surface area is 76.0 Å². The fraction of sp³-hybridized carbons (Fsp3) is 0.556. The van der Waals surface area contributed by atoms with Crippen LogP contribution in [0.15, 0.2) is 23.0 Å². The fourth-order valence-corrected chi connectivity index (χ4v) is 2.93. The number of aliphatic hydroxyl groups is 1. The zero-order chi connectivity index (χ0) is 8.60. The van der Waals surface area contributed by atoms with E-state index >= 15 is 0 Å². The first-order valence-electron chi connectivity index (χ1n) is 4.10. The Hall–Kier alpha value is -0.410. The van der Waals surface area contributed by atoms with Crippen molar-refractivity contribution in [3.05, 3.63) is 24.2 Å². The molecule has 12 heavy (non-hydrogen) atoms. The summed E-state index contributed by atoms with van der Waals surface area (Å²) in [6, 6.07) is 1.85. The second-order valence-electron chi connectivity index (χ2n) is 3.20. The molecule has 0 radical (unpaired) electrons. The van der Waals surface area contributed by atoms with Crippen LogP contribution in [-0.2, 0) is 5.60 Å². The van der Waals surface area contributed by atoms with E-state index in [0.717, 1.165) is 17.7 Å². The maximum Gasteiger partial charge on any atom is 0.105 e. The summed E-state index contributed by atoms with van der Waals surface area (Å²) in [4.78, 5) is 0. The van der Waals surface area contributed by atoms with Crippen LogP contribution >= 0.6 is 11.8 Å². The predicted molar refractivity (Wildman–Crippen MR) is 49.1 cm³/mol. The molecule has 2 nitrogen and oxygen atoms in total. The van der Waals surface area contributed by atoms with Gasteiger partial charge in [-0.15, -0.1) is 0 Å². The fourth-order valence-electron chi connectivity index (χ4n) is 1.62. The van der Waals surface area contributed by atoms with Gasteiger partial charge in [0.05, 0.1) is 12.5 Å². The Morgan fingerprint density at radius 1 is 1.75 bits per heavy atom. The highest BCUT2D eigenvalue weighted by Gasteiger charge is 2.41. The molecule has 1 fully saturated rings. The maximum absolute atomic E-state index is 10.2. The average molecular weight is 184 g/mol. The molecule has 0 spiro atoms. The summed E-state index contributed by atoms with van der Waals surface area (Å²) < 4.78 is 4.97. The number of hydrogen-bond donors (Lipinski definition) is 1. The molecule has 3 heteroatoms. The minimum atomic E-state index is -0.655. The molecule has 1 N–H and O–H groups in total. The highest BCUT2D eigenvalue weighted by atomic mass is 32.2. The Morgan fingerprint density at radius 2 is 2.58 bits per heavy atom. The van der Waals surface area contributed by atoms with Gasteiger partial charge in [0.25, 0.3) is 0 Å². The molecule has 2 heterocycles. The van der Waals surface area contributed by atoms with E-state index in [0.29, 0.717) is 0 Å². The zero-order valence-corrected chi connectivity index (χ0v) is 7.80. The van der Waals surface area contributed by atoms with Gasteiger partial charge in [0, 0.05) is 10.8 Å². The summed E-state index contributed by atoms with van der Waals surface area (Å²) in [7, 11) is 0. The monoisotopic (exact) mass is 184 g/mol. The van der Waals surface area contributed by atoms with Gasteiger partial charge in [-0.2, -0.15) is 11.8 Å². The van der Waals surface area contributed by atoms with Crippen LogP contribution in [0.1, 0.15) is 18.9 Å². The molecule has 0 aromatic carbocycles. The van der Waals surface area contributed by atoms with Crippen molar-refractivity contribution in [2.24, 2.45) is 0 Å². The molecule has 66 valence electrons. The smallest absolute Gasteiger partial charge is 0.105 e. The lowest BCUT2D eigenvalue weighted by atomic mass is 9.91. The Bertz CT molecular complexity index is 258. The second-order valence-corrected chi connectivity index (χ2v) is 4.65. The van der Waals surface area contributed by atoms with Crippen molar-refractivity contribution in [2.75, 3.05) is 5.75 Å². The minimum absolute atomic E-state index is 0.273. The topological polar surface area (TPSA) is 33.4 Å². The third-order valence-corrected chi connectivity index (χ3v) is 3.87. The van der Waals surface area contributed by atoms with Crippen LogP contribution in [0, 0.1) is 0 Å². The van der Waals surface area contributed by atoms with E-state index in [4.69, 9.17) is 4.42 Å². The summed E-state index contributed by atoms with van der Waals surface area (Å²) in [5, 5.41) is 10.5. The second kappa shape index (κ2) is 2.82. The van der Waals surface area contributed by atoms with Crippen molar-refractivity contribution < 1.29 is 9.52 Å². The van der Waals surface area contributed by atoms with E-state index in [2.05, 4.69) is 6.92 Å². The van der Waals surface area contributed by atoms with Gasteiger partial charge in [0.1, 0.15) is 5.60 Å². The first kappa shape index (κ1) is 8.20. The molecule has 1 aromatic heterocycles. The van der Waals surface area contributed by atoms with Crippen LogP contribution in [0.4, 0.5) is 0 Å². The van der Waals surface area contributed by atoms with Crippen molar-refractivity contribution in [3.8, 4) is 0 Å². The first-order chi connectivity index (χ1) is 5.73. The normalized spacial score (nSPS) is 35.7. The molecule has 2 rings (SSSR count). The van der Waals surface area contributed by atoms with Gasteiger partial charge in [-0.05, 0) is 18.2 Å². The maximum atomic E-state index is 10.2. The summed E-state index contributed by atoms with van der Waals surface area (Å²) in [6.45, 7) is 2.06. The van der Waals surface area contributed by atoms with Crippen molar-refractivity contribution in [3.63, 3.8) is 0 Å². The minimum Gasteiger partial charge on any atom is -0.472 e. The van der Waals surface area contributed by atoms with Crippen LogP contribution in [0.5, 0.6) is 0 Å². The largest absolute Gasteiger partial charge is 0.472 e. The van der Waals surface area contributed by atoms with Crippen molar-refractivity contribution in [2.45, 2.75) is 24.2 Å². The average Bonchev–Trinajstić information content (AvgIpc) is 2.62. The molecule has 0 amide bonds. The number of thioether (sulfide) groups is 1. The van der Waals surface area contributed by atoms with Crippen LogP contribution in [0.3, 0.4) is 0 Å². The highest BCUT2D eigenvalue weighted by molar-refractivity contribution is 8.00. The standard InChI is InChI=1S/C9H12O2S/c1-7-9(10,3-5-12-7)8-2-4-11-6-8/h2,4,6-7,10H,3,5H2,1H3. The Morgan fingerprint density at radius 3 is 3.08 bits per heavy atom. The molecular weight excluding hydrogens is 172 g/mol. The van der Waals surface area contributed by atoms with Crippen LogP contribution in [0.25, 0.3) is 0 Å². The molecule has 1 saturated heterocycles. The molecule has 0 bridgehead atoms. The predicted octanol–water partition coefficient (Wildman–Crippen LogP) is 1.99. The van der Waals surface area contributed by atoms with Gasteiger partial charge < -0.3 is 9.52 Å². The van der Waals surface area contributed by atoms with Crippen LogP contribution in [0.2, 0.25) is 0 Å². The number of hydrogen-bond acceptors (Lipinski definition) is 3. The molecule has 0 aliphatic carbocycles. The number of furan rings is 1. The molecule has 2 atom stereocenters. The van der Waals surface area contributed by atoms with Crippen molar-refractivity contribution in [1.29, 1.82) is 0 Å². The Kier molecular flexibility index (Phi) is 1.93. The van der Waals surface area contributed by atoms with Crippen LogP contribution in [-0.4, -0.2) is 16.1 Å². The van der Waals surface area contributed by atoms with Gasteiger partial charge in [0.15, 0.2) is 0 Å². The third kappa shape index (κ3) is 1.08. The zero-order valence-electron chi connectivity index (χ0n) is 6.99. The van der Waals surface area contributed by atoms with Crippen LogP contribution < -0.4 is 0 Å². The van der Waals surface area contributed by atoms with E-state index in [1.807, 2.05) is 17.8 Å². The van der Waals surface area contributed by atoms with Gasteiger partial charge in [0.2, 0.25) is 0 Å².